The van der Waals surface area contributed by atoms with Crippen molar-refractivity contribution in [2.24, 2.45) is 10.9 Å². The zero-order valence-electron chi connectivity index (χ0n) is 21.6. The number of imide groups is 1. The van der Waals surface area contributed by atoms with Crippen molar-refractivity contribution >= 4 is 41.7 Å². The van der Waals surface area contributed by atoms with Gasteiger partial charge in [0.05, 0.1) is 24.8 Å². The number of benzene rings is 2. The summed E-state index contributed by atoms with van der Waals surface area (Å²) in [6.45, 7) is 3.35. The summed E-state index contributed by atoms with van der Waals surface area (Å²) < 4.78 is 29.5. The molecular formula is C26H27ClFN5O6. The van der Waals surface area contributed by atoms with Gasteiger partial charge in [-0.05, 0) is 48.8 Å². The molecule has 0 aliphatic heterocycles. The zero-order valence-corrected chi connectivity index (χ0v) is 22.4. The van der Waals surface area contributed by atoms with Gasteiger partial charge in [0.15, 0.2) is 11.6 Å². The average Bonchev–Trinajstić information content (AvgIpc) is 3.43. The Hall–Kier alpha value is -4.45. The summed E-state index contributed by atoms with van der Waals surface area (Å²) in [5.41, 5.74) is 0.984. The van der Waals surface area contributed by atoms with E-state index >= 15 is 0 Å². The molecule has 2 atom stereocenters. The Labute approximate surface area is 229 Å². The van der Waals surface area contributed by atoms with Crippen molar-refractivity contribution in [1.82, 2.24) is 20.3 Å². The number of carbonyl (C=O) groups is 3. The average molecular weight is 560 g/mol. The molecule has 2 aromatic carbocycles. The van der Waals surface area contributed by atoms with Crippen molar-refractivity contribution < 1.29 is 32.8 Å². The first kappa shape index (κ1) is 29.1. The highest BCUT2D eigenvalue weighted by atomic mass is 35.5. The molecule has 1 N–H and O–H groups in total. The smallest absolute Gasteiger partial charge is 0.330 e. The van der Waals surface area contributed by atoms with Crippen LogP contribution in [-0.2, 0) is 20.9 Å². The lowest BCUT2D eigenvalue weighted by molar-refractivity contribution is -0.146. The van der Waals surface area contributed by atoms with Crippen molar-refractivity contribution in [1.29, 1.82) is 0 Å². The van der Waals surface area contributed by atoms with E-state index in [2.05, 4.69) is 20.0 Å². The Bertz CT molecular complexity index is 1320. The largest absolute Gasteiger partial charge is 0.469 e. The van der Waals surface area contributed by atoms with E-state index in [0.29, 0.717) is 11.4 Å². The number of carbonyl (C=O) groups excluding carboxylic acids is 3. The molecule has 3 rings (SSSR count). The number of halogens is 2. The molecule has 0 saturated carbocycles. The van der Waals surface area contributed by atoms with Crippen LogP contribution in [0.5, 0.6) is 11.6 Å². The van der Waals surface area contributed by atoms with Gasteiger partial charge in [0.1, 0.15) is 6.26 Å². The summed E-state index contributed by atoms with van der Waals surface area (Å²) in [5, 5.41) is 6.72. The highest BCUT2D eigenvalue weighted by Crippen LogP contribution is 2.27. The normalized spacial score (nSPS) is 12.7. The van der Waals surface area contributed by atoms with Crippen molar-refractivity contribution in [2.75, 3.05) is 14.2 Å². The second-order valence-corrected chi connectivity index (χ2v) is 8.90. The molecule has 3 aromatic rings. The lowest BCUT2D eigenvalue weighted by atomic mass is 10.0. The van der Waals surface area contributed by atoms with Crippen LogP contribution in [0, 0.1) is 11.7 Å². The first-order chi connectivity index (χ1) is 18.6. The fourth-order valence-corrected chi connectivity index (χ4v) is 3.52. The fourth-order valence-electron chi connectivity index (χ4n) is 3.39. The summed E-state index contributed by atoms with van der Waals surface area (Å²) in [7, 11) is 2.87. The van der Waals surface area contributed by atoms with Crippen LogP contribution in [0.4, 0.5) is 14.9 Å². The van der Waals surface area contributed by atoms with Crippen LogP contribution in [0.25, 0.3) is 0 Å². The number of urea groups is 1. The molecular weight excluding hydrogens is 533 g/mol. The highest BCUT2D eigenvalue weighted by molar-refractivity contribution is 6.30. The van der Waals surface area contributed by atoms with Gasteiger partial charge in [-0.25, -0.2) is 14.2 Å². The maximum absolute atomic E-state index is 14.8. The SMILES string of the molecule is COC(=O)[C@H](C)[C@H](C)N(C=O)C(=O)NC(=Nc1ccc(Oc2ccon2)c(F)c1)N(C)Cc1ccc(Cl)cc1. The van der Waals surface area contributed by atoms with E-state index in [0.717, 1.165) is 16.5 Å². The third-order valence-corrected chi connectivity index (χ3v) is 6.03. The number of amides is 3. The van der Waals surface area contributed by atoms with Gasteiger partial charge >= 0.3 is 12.0 Å². The Kier molecular flexibility index (Phi) is 9.98. The van der Waals surface area contributed by atoms with Gasteiger partial charge in [0.25, 0.3) is 5.88 Å². The predicted octanol–water partition coefficient (Wildman–Crippen LogP) is 4.74. The third-order valence-electron chi connectivity index (χ3n) is 5.78. The van der Waals surface area contributed by atoms with Gasteiger partial charge in [0.2, 0.25) is 12.4 Å². The van der Waals surface area contributed by atoms with E-state index < -0.39 is 29.8 Å². The molecule has 0 radical (unpaired) electrons. The number of guanidine groups is 1. The van der Waals surface area contributed by atoms with Crippen LogP contribution in [0.3, 0.4) is 0 Å². The van der Waals surface area contributed by atoms with E-state index in [1.165, 1.54) is 45.4 Å². The molecule has 0 aliphatic rings. The van der Waals surface area contributed by atoms with Crippen LogP contribution in [0.2, 0.25) is 5.02 Å². The summed E-state index contributed by atoms with van der Waals surface area (Å²) in [6.07, 6.45) is 1.60. The van der Waals surface area contributed by atoms with Crippen LogP contribution in [0.1, 0.15) is 19.4 Å². The van der Waals surface area contributed by atoms with Gasteiger partial charge in [0, 0.05) is 30.7 Å². The first-order valence-electron chi connectivity index (χ1n) is 11.7. The van der Waals surface area contributed by atoms with E-state index in [4.69, 9.17) is 21.1 Å². The maximum atomic E-state index is 14.8. The number of nitrogens with one attached hydrogen (secondary N) is 1. The summed E-state index contributed by atoms with van der Waals surface area (Å²) in [5.74, 6) is -2.14. The van der Waals surface area contributed by atoms with Crippen LogP contribution < -0.4 is 10.1 Å². The number of rotatable bonds is 9. The predicted molar refractivity (Wildman–Crippen MR) is 140 cm³/mol. The van der Waals surface area contributed by atoms with E-state index in [1.807, 2.05) is 0 Å². The number of aromatic nitrogens is 1. The fraction of sp³-hybridized carbons (Fsp3) is 0.269. The van der Waals surface area contributed by atoms with E-state index in [-0.39, 0.29) is 29.8 Å². The van der Waals surface area contributed by atoms with Crippen LogP contribution in [-0.4, -0.2) is 59.5 Å². The van der Waals surface area contributed by atoms with E-state index in [1.54, 1.807) is 36.2 Å². The third kappa shape index (κ3) is 7.77. The number of hydrogen-bond acceptors (Lipinski definition) is 8. The lowest BCUT2D eigenvalue weighted by Gasteiger charge is -2.29. The summed E-state index contributed by atoms with van der Waals surface area (Å²) in [4.78, 5) is 43.7. The van der Waals surface area contributed by atoms with Crippen molar-refractivity contribution in [3.05, 3.63) is 71.2 Å². The Balaban J connectivity index is 1.89. The van der Waals surface area contributed by atoms with Crippen molar-refractivity contribution in [2.45, 2.75) is 26.4 Å². The minimum atomic E-state index is -0.846. The molecule has 11 nitrogen and oxygen atoms in total. The van der Waals surface area contributed by atoms with Gasteiger partial charge in [-0.15, -0.1) is 0 Å². The van der Waals surface area contributed by atoms with Crippen LogP contribution >= 0.6 is 11.6 Å². The molecule has 206 valence electrons. The Morgan fingerprint density at radius 1 is 1.21 bits per heavy atom. The molecule has 0 aliphatic carbocycles. The van der Waals surface area contributed by atoms with Gasteiger partial charge < -0.3 is 18.9 Å². The second kappa shape index (κ2) is 13.4. The number of hydrogen-bond donors (Lipinski definition) is 1. The summed E-state index contributed by atoms with van der Waals surface area (Å²) >= 11 is 5.98. The van der Waals surface area contributed by atoms with Gasteiger partial charge in [-0.2, -0.15) is 0 Å². The number of nitrogens with zero attached hydrogens (tertiary/aromatic N) is 4. The lowest BCUT2D eigenvalue weighted by Crippen LogP contribution is -2.52. The number of methoxy groups -OCH3 is 1. The Morgan fingerprint density at radius 2 is 1.92 bits per heavy atom. The minimum Gasteiger partial charge on any atom is -0.469 e. The highest BCUT2D eigenvalue weighted by Gasteiger charge is 2.30. The molecule has 1 heterocycles. The van der Waals surface area contributed by atoms with E-state index in [9.17, 15) is 18.8 Å². The molecule has 0 saturated heterocycles. The molecule has 1 aromatic heterocycles. The van der Waals surface area contributed by atoms with Crippen molar-refractivity contribution in [3.8, 4) is 11.6 Å². The monoisotopic (exact) mass is 559 g/mol. The standard InChI is InChI=1S/C26H27ClFN5O6/c1-16(24(35)37-4)17(2)33(15-34)26(36)30-25(32(3)14-18-5-7-19(27)8-6-18)29-20-9-10-22(21(28)13-20)39-23-11-12-38-31-23/h5-13,15-17H,14H2,1-4H3,(H,29,30,36)/t16-,17+/m1/s1. The molecule has 39 heavy (non-hydrogen) atoms. The zero-order chi connectivity index (χ0) is 28.5. The topological polar surface area (TPSA) is 127 Å². The number of esters is 1. The molecule has 3 amide bonds. The van der Waals surface area contributed by atoms with Gasteiger partial charge in [-0.3, -0.25) is 19.8 Å². The first-order valence-corrected chi connectivity index (χ1v) is 12.0. The minimum absolute atomic E-state index is 0.00397. The van der Waals surface area contributed by atoms with Crippen LogP contribution in [0.15, 0.2) is 64.3 Å². The molecule has 0 bridgehead atoms. The second-order valence-electron chi connectivity index (χ2n) is 8.47. The number of ether oxygens (including phenoxy) is 2. The molecule has 0 fully saturated rings. The number of aliphatic imine (C=N–C) groups is 1. The Morgan fingerprint density at radius 3 is 2.51 bits per heavy atom. The van der Waals surface area contributed by atoms with Gasteiger partial charge in [-0.1, -0.05) is 23.7 Å². The molecule has 0 spiro atoms. The summed E-state index contributed by atoms with van der Waals surface area (Å²) in [6, 6.07) is 10.7. The maximum Gasteiger partial charge on any atom is 0.330 e. The molecule has 0 unspecified atom stereocenters. The molecule has 13 heteroatoms. The quantitative estimate of drug-likeness (QED) is 0.172. The van der Waals surface area contributed by atoms with Crippen molar-refractivity contribution in [3.63, 3.8) is 0 Å².